The van der Waals surface area contributed by atoms with Crippen molar-refractivity contribution in [2.24, 2.45) is 5.73 Å². The van der Waals surface area contributed by atoms with E-state index in [0.29, 0.717) is 5.88 Å². The molecule has 4 aromatic rings. The lowest BCUT2D eigenvalue weighted by molar-refractivity contribution is 0.125. The van der Waals surface area contributed by atoms with Crippen LogP contribution in [0.15, 0.2) is 53.1 Å². The number of hydrogen-bond acceptors (Lipinski definition) is 5. The van der Waals surface area contributed by atoms with Crippen molar-refractivity contribution < 1.29 is 9.15 Å². The molecule has 2 unspecified atom stereocenters. The molecule has 3 heterocycles. The van der Waals surface area contributed by atoms with Crippen molar-refractivity contribution >= 4 is 16.6 Å². The Morgan fingerprint density at radius 3 is 2.88 bits per heavy atom. The molecule has 0 radical (unpaired) electrons. The summed E-state index contributed by atoms with van der Waals surface area (Å²) in [7, 11) is 0. The molecule has 2 atom stereocenters. The van der Waals surface area contributed by atoms with E-state index in [0.717, 1.165) is 47.3 Å². The quantitative estimate of drug-likeness (QED) is 0.609. The van der Waals surface area contributed by atoms with Gasteiger partial charge in [0.05, 0.1) is 6.20 Å². The lowest BCUT2D eigenvalue weighted by Crippen LogP contribution is -2.41. The maximum Gasteiger partial charge on any atom is 0.232 e. The summed E-state index contributed by atoms with van der Waals surface area (Å²) in [6.45, 7) is 0. The van der Waals surface area contributed by atoms with Gasteiger partial charge in [0.1, 0.15) is 17.4 Å². The average Bonchev–Trinajstić information content (AvgIpc) is 3.26. The molecule has 1 saturated carbocycles. The van der Waals surface area contributed by atoms with Crippen molar-refractivity contribution in [2.45, 2.75) is 37.8 Å². The topological polar surface area (TPSA) is 78.6 Å². The number of furan rings is 1. The van der Waals surface area contributed by atoms with Crippen LogP contribution in [0.25, 0.3) is 28.1 Å². The van der Waals surface area contributed by atoms with Crippen molar-refractivity contribution in [3.05, 3.63) is 48.7 Å². The van der Waals surface area contributed by atoms with E-state index in [4.69, 9.17) is 14.9 Å². The summed E-state index contributed by atoms with van der Waals surface area (Å²) < 4.78 is 13.8. The van der Waals surface area contributed by atoms with Crippen LogP contribution in [0.3, 0.4) is 0 Å². The Morgan fingerprint density at radius 2 is 2.00 bits per heavy atom. The van der Waals surface area contributed by atoms with Crippen LogP contribution >= 0.6 is 0 Å². The molecular weight excluding hydrogens is 328 g/mol. The van der Waals surface area contributed by atoms with E-state index in [1.165, 1.54) is 6.42 Å². The van der Waals surface area contributed by atoms with E-state index in [1.54, 1.807) is 10.7 Å². The highest BCUT2D eigenvalue weighted by molar-refractivity contribution is 5.82. The SMILES string of the molecule is NC1CCCCC1Oc1ccc2ncc(-c3cc4ccccc4o3)n2n1. The molecule has 2 N–H and O–H groups in total. The van der Waals surface area contributed by atoms with Gasteiger partial charge in [0.25, 0.3) is 0 Å². The van der Waals surface area contributed by atoms with E-state index in [9.17, 15) is 0 Å². The minimum absolute atomic E-state index is 0.0203. The van der Waals surface area contributed by atoms with Crippen LogP contribution in [0.2, 0.25) is 0 Å². The Balaban J connectivity index is 1.52. The van der Waals surface area contributed by atoms with Crippen LogP contribution in [-0.2, 0) is 0 Å². The monoisotopic (exact) mass is 348 g/mol. The molecule has 0 aliphatic heterocycles. The van der Waals surface area contributed by atoms with Crippen LogP contribution in [0, 0.1) is 0 Å². The van der Waals surface area contributed by atoms with Gasteiger partial charge in [0.15, 0.2) is 11.4 Å². The second kappa shape index (κ2) is 6.14. The molecule has 6 nitrogen and oxygen atoms in total. The van der Waals surface area contributed by atoms with Gasteiger partial charge >= 0.3 is 0 Å². The predicted molar refractivity (Wildman–Crippen MR) is 99.1 cm³/mol. The zero-order valence-corrected chi connectivity index (χ0v) is 14.3. The largest absolute Gasteiger partial charge is 0.472 e. The zero-order chi connectivity index (χ0) is 17.5. The molecule has 5 rings (SSSR count). The summed E-state index contributed by atoms with van der Waals surface area (Å²) >= 11 is 0. The molecule has 3 aromatic heterocycles. The van der Waals surface area contributed by atoms with Gasteiger partial charge in [-0.2, -0.15) is 0 Å². The second-order valence-electron chi connectivity index (χ2n) is 6.84. The molecule has 1 aliphatic carbocycles. The Labute approximate surface area is 150 Å². The van der Waals surface area contributed by atoms with Crippen LogP contribution in [-0.4, -0.2) is 26.7 Å². The number of ether oxygens (including phenoxy) is 1. The Kier molecular flexibility index (Phi) is 3.64. The average molecular weight is 348 g/mol. The first-order chi connectivity index (χ1) is 12.8. The molecule has 1 fully saturated rings. The standard InChI is InChI=1S/C20H20N4O2/c21-14-6-2-4-8-17(14)26-20-10-9-19-22-12-15(24(19)23-20)18-11-13-5-1-3-7-16(13)25-18/h1,3,5,7,9-12,14,17H,2,4,6,8,21H2. The van der Waals surface area contributed by atoms with Gasteiger partial charge in [0, 0.05) is 17.5 Å². The first kappa shape index (κ1) is 15.4. The van der Waals surface area contributed by atoms with Gasteiger partial charge in [-0.3, -0.25) is 0 Å². The van der Waals surface area contributed by atoms with Gasteiger partial charge in [0.2, 0.25) is 5.88 Å². The highest BCUT2D eigenvalue weighted by Crippen LogP contribution is 2.29. The minimum Gasteiger partial charge on any atom is -0.472 e. The molecule has 6 heteroatoms. The highest BCUT2D eigenvalue weighted by Gasteiger charge is 2.24. The van der Waals surface area contributed by atoms with Gasteiger partial charge in [-0.15, -0.1) is 5.10 Å². The summed E-state index contributed by atoms with van der Waals surface area (Å²) in [5.74, 6) is 1.30. The number of para-hydroxylation sites is 1. The number of aromatic nitrogens is 3. The third kappa shape index (κ3) is 2.63. The molecular formula is C20H20N4O2. The van der Waals surface area contributed by atoms with Crippen molar-refractivity contribution in [1.82, 2.24) is 14.6 Å². The van der Waals surface area contributed by atoms with Crippen LogP contribution in [0.4, 0.5) is 0 Å². The number of rotatable bonds is 3. The molecule has 0 amide bonds. The maximum absolute atomic E-state index is 6.20. The summed E-state index contributed by atoms with van der Waals surface area (Å²) in [6.07, 6.45) is 6.09. The van der Waals surface area contributed by atoms with E-state index < -0.39 is 0 Å². The fourth-order valence-corrected chi connectivity index (χ4v) is 3.62. The van der Waals surface area contributed by atoms with Crippen molar-refractivity contribution in [2.75, 3.05) is 0 Å². The first-order valence-corrected chi connectivity index (χ1v) is 9.04. The molecule has 0 saturated heterocycles. The van der Waals surface area contributed by atoms with Crippen LogP contribution in [0.5, 0.6) is 5.88 Å². The normalized spacial score (nSPS) is 20.7. The minimum atomic E-state index is 0.0203. The lowest BCUT2D eigenvalue weighted by Gasteiger charge is -2.28. The van der Waals surface area contributed by atoms with Gasteiger partial charge in [-0.05, 0) is 37.5 Å². The first-order valence-electron chi connectivity index (χ1n) is 9.04. The molecule has 132 valence electrons. The van der Waals surface area contributed by atoms with E-state index in [2.05, 4.69) is 10.1 Å². The summed E-state index contributed by atoms with van der Waals surface area (Å²) in [6, 6.07) is 13.8. The smallest absolute Gasteiger partial charge is 0.232 e. The second-order valence-corrected chi connectivity index (χ2v) is 6.84. The zero-order valence-electron chi connectivity index (χ0n) is 14.3. The Morgan fingerprint density at radius 1 is 1.12 bits per heavy atom. The third-order valence-corrected chi connectivity index (χ3v) is 5.04. The fourth-order valence-electron chi connectivity index (χ4n) is 3.62. The number of nitrogens with zero attached hydrogens (tertiary/aromatic N) is 3. The van der Waals surface area contributed by atoms with E-state index in [-0.39, 0.29) is 12.1 Å². The summed E-state index contributed by atoms with van der Waals surface area (Å²) in [5, 5.41) is 5.68. The molecule has 0 spiro atoms. The van der Waals surface area contributed by atoms with E-state index >= 15 is 0 Å². The molecule has 0 bridgehead atoms. The van der Waals surface area contributed by atoms with Crippen LogP contribution < -0.4 is 10.5 Å². The number of hydrogen-bond donors (Lipinski definition) is 1. The van der Waals surface area contributed by atoms with Crippen molar-refractivity contribution in [3.8, 4) is 17.3 Å². The highest BCUT2D eigenvalue weighted by atomic mass is 16.5. The van der Waals surface area contributed by atoms with Gasteiger partial charge in [-0.25, -0.2) is 9.50 Å². The van der Waals surface area contributed by atoms with E-state index in [1.807, 2.05) is 42.5 Å². The Hall–Kier alpha value is -2.86. The Bertz CT molecular complexity index is 1030. The lowest BCUT2D eigenvalue weighted by atomic mass is 9.93. The molecule has 1 aromatic carbocycles. The number of imidazole rings is 1. The van der Waals surface area contributed by atoms with Gasteiger partial charge < -0.3 is 14.9 Å². The van der Waals surface area contributed by atoms with Crippen molar-refractivity contribution in [1.29, 1.82) is 0 Å². The summed E-state index contributed by atoms with van der Waals surface area (Å²) in [5.41, 5.74) is 8.59. The number of nitrogens with two attached hydrogens (primary N) is 1. The fraction of sp³-hybridized carbons (Fsp3) is 0.300. The predicted octanol–water partition coefficient (Wildman–Crippen LogP) is 3.79. The van der Waals surface area contributed by atoms with Crippen LogP contribution in [0.1, 0.15) is 25.7 Å². The third-order valence-electron chi connectivity index (χ3n) is 5.04. The molecule has 26 heavy (non-hydrogen) atoms. The maximum atomic E-state index is 6.20. The van der Waals surface area contributed by atoms with Gasteiger partial charge in [-0.1, -0.05) is 24.6 Å². The summed E-state index contributed by atoms with van der Waals surface area (Å²) in [4.78, 5) is 4.43. The van der Waals surface area contributed by atoms with Crippen molar-refractivity contribution in [3.63, 3.8) is 0 Å². The number of fused-ring (bicyclic) bond motifs is 2. The molecule has 1 aliphatic rings. The number of benzene rings is 1.